The highest BCUT2D eigenvalue weighted by Gasteiger charge is 2.27. The molecular formula is C20H21Cl2N3O3. The van der Waals surface area contributed by atoms with E-state index in [2.05, 4.69) is 10.2 Å². The maximum atomic E-state index is 12.2. The van der Waals surface area contributed by atoms with Crippen molar-refractivity contribution in [3.05, 3.63) is 46.4 Å². The molecule has 1 aromatic heterocycles. The summed E-state index contributed by atoms with van der Waals surface area (Å²) in [6.45, 7) is 2.80. The number of carboxylic acid groups (broad SMARTS) is 1. The topological polar surface area (TPSA) is 82.5 Å². The summed E-state index contributed by atoms with van der Waals surface area (Å²) in [5.41, 5.74) is 1.51. The van der Waals surface area contributed by atoms with Crippen molar-refractivity contribution in [2.24, 2.45) is 5.92 Å². The average Bonchev–Trinajstić information content (AvgIpc) is 2.70. The quantitative estimate of drug-likeness (QED) is 0.765. The molecule has 1 aliphatic rings. The second-order valence-corrected chi connectivity index (χ2v) is 7.60. The molecule has 1 amide bonds. The third-order valence-corrected chi connectivity index (χ3v) is 5.70. The summed E-state index contributed by atoms with van der Waals surface area (Å²) in [6, 6.07) is 10.3. The number of nitrogens with zero attached hydrogens (tertiary/aromatic N) is 2. The molecule has 148 valence electrons. The molecule has 2 aromatic rings. The van der Waals surface area contributed by atoms with Gasteiger partial charge in [-0.2, -0.15) is 0 Å². The van der Waals surface area contributed by atoms with E-state index in [1.807, 2.05) is 30.3 Å². The van der Waals surface area contributed by atoms with Crippen LogP contribution in [0.2, 0.25) is 10.0 Å². The summed E-state index contributed by atoms with van der Waals surface area (Å²) in [6.07, 6.45) is 1.28. The number of aromatic nitrogens is 1. The number of benzene rings is 1. The number of halogens is 2. The smallest absolute Gasteiger partial charge is 0.325 e. The molecule has 2 N–H and O–H groups in total. The van der Waals surface area contributed by atoms with Crippen LogP contribution in [0, 0.1) is 5.92 Å². The van der Waals surface area contributed by atoms with Crippen molar-refractivity contribution in [1.82, 2.24) is 10.3 Å². The van der Waals surface area contributed by atoms with E-state index >= 15 is 0 Å². The van der Waals surface area contributed by atoms with Gasteiger partial charge in [0.05, 0.1) is 15.7 Å². The zero-order chi connectivity index (χ0) is 20.3. The summed E-state index contributed by atoms with van der Waals surface area (Å²) in [7, 11) is 0. The number of anilines is 1. The fraction of sp³-hybridized carbons (Fsp3) is 0.350. The number of carbonyl (C=O) groups is 2. The van der Waals surface area contributed by atoms with Gasteiger partial charge < -0.3 is 15.3 Å². The minimum Gasteiger partial charge on any atom is -0.480 e. The van der Waals surface area contributed by atoms with Crippen LogP contribution in [-0.2, 0) is 9.59 Å². The monoisotopic (exact) mass is 421 g/mol. The molecule has 1 atom stereocenters. The van der Waals surface area contributed by atoms with Gasteiger partial charge in [0.15, 0.2) is 0 Å². The van der Waals surface area contributed by atoms with Crippen LogP contribution in [0.5, 0.6) is 0 Å². The highest BCUT2D eigenvalue weighted by molar-refractivity contribution is 6.43. The number of piperidine rings is 1. The standard InChI is InChI=1S/C20H21Cl2N3O3/c1-12(20(27)28)23-19(26)13-8-10-25(11-9-13)17-7-3-6-16(24-17)14-4-2-5-15(21)18(14)22/h2-7,12-13H,8-11H2,1H3,(H,23,26)(H,27,28). The lowest BCUT2D eigenvalue weighted by Crippen LogP contribution is -2.45. The highest BCUT2D eigenvalue weighted by atomic mass is 35.5. The Morgan fingerprint density at radius 2 is 1.86 bits per heavy atom. The molecule has 6 nitrogen and oxygen atoms in total. The molecule has 0 aliphatic carbocycles. The van der Waals surface area contributed by atoms with Gasteiger partial charge in [-0.1, -0.05) is 41.4 Å². The predicted octanol–water partition coefficient (Wildman–Crippen LogP) is 3.86. The van der Waals surface area contributed by atoms with Crippen LogP contribution >= 0.6 is 23.2 Å². The molecule has 0 radical (unpaired) electrons. The van der Waals surface area contributed by atoms with Crippen molar-refractivity contribution in [2.75, 3.05) is 18.0 Å². The number of hydrogen-bond acceptors (Lipinski definition) is 4. The molecule has 1 saturated heterocycles. The molecule has 1 fully saturated rings. The van der Waals surface area contributed by atoms with E-state index in [1.54, 1.807) is 6.07 Å². The first-order valence-electron chi connectivity index (χ1n) is 9.06. The third kappa shape index (κ3) is 4.56. The van der Waals surface area contributed by atoms with Crippen LogP contribution in [0.4, 0.5) is 5.82 Å². The van der Waals surface area contributed by atoms with E-state index in [9.17, 15) is 9.59 Å². The van der Waals surface area contributed by atoms with Gasteiger partial charge in [0.25, 0.3) is 0 Å². The second-order valence-electron chi connectivity index (χ2n) is 6.81. The van der Waals surface area contributed by atoms with Gasteiger partial charge in [0, 0.05) is 24.6 Å². The Hall–Kier alpha value is -2.31. The number of amides is 1. The van der Waals surface area contributed by atoms with Crippen molar-refractivity contribution in [3.8, 4) is 11.3 Å². The molecule has 3 rings (SSSR count). The molecule has 0 spiro atoms. The maximum Gasteiger partial charge on any atom is 0.325 e. The Morgan fingerprint density at radius 3 is 2.54 bits per heavy atom. The van der Waals surface area contributed by atoms with E-state index in [0.717, 1.165) is 17.1 Å². The van der Waals surface area contributed by atoms with Crippen LogP contribution in [0.3, 0.4) is 0 Å². The molecule has 28 heavy (non-hydrogen) atoms. The number of carboxylic acids is 1. The van der Waals surface area contributed by atoms with E-state index in [-0.39, 0.29) is 11.8 Å². The van der Waals surface area contributed by atoms with E-state index in [0.29, 0.717) is 36.0 Å². The summed E-state index contributed by atoms with van der Waals surface area (Å²) in [4.78, 5) is 30.0. The highest BCUT2D eigenvalue weighted by Crippen LogP contribution is 2.33. The Morgan fingerprint density at radius 1 is 1.18 bits per heavy atom. The van der Waals surface area contributed by atoms with Gasteiger partial charge in [0.2, 0.25) is 5.91 Å². The van der Waals surface area contributed by atoms with Crippen LogP contribution in [-0.4, -0.2) is 41.1 Å². The minimum atomic E-state index is -1.04. The summed E-state index contributed by atoms with van der Waals surface area (Å²) < 4.78 is 0. The zero-order valence-electron chi connectivity index (χ0n) is 15.4. The van der Waals surface area contributed by atoms with Gasteiger partial charge >= 0.3 is 5.97 Å². The summed E-state index contributed by atoms with van der Waals surface area (Å²) in [5.74, 6) is -0.622. The van der Waals surface area contributed by atoms with E-state index in [1.165, 1.54) is 6.92 Å². The van der Waals surface area contributed by atoms with Crippen molar-refractivity contribution in [3.63, 3.8) is 0 Å². The largest absolute Gasteiger partial charge is 0.480 e. The molecule has 1 aromatic carbocycles. The number of hydrogen-bond donors (Lipinski definition) is 2. The maximum absolute atomic E-state index is 12.2. The molecule has 8 heteroatoms. The number of rotatable bonds is 5. The summed E-state index contributed by atoms with van der Waals surface area (Å²) in [5, 5.41) is 12.4. The number of carbonyl (C=O) groups excluding carboxylic acids is 1. The van der Waals surface area contributed by atoms with Crippen molar-refractivity contribution in [2.45, 2.75) is 25.8 Å². The van der Waals surface area contributed by atoms with Gasteiger partial charge in [-0.3, -0.25) is 9.59 Å². The van der Waals surface area contributed by atoms with Crippen LogP contribution in [0.15, 0.2) is 36.4 Å². The van der Waals surface area contributed by atoms with Gasteiger partial charge in [0.1, 0.15) is 11.9 Å². The zero-order valence-corrected chi connectivity index (χ0v) is 16.9. The Kier molecular flexibility index (Phi) is 6.42. The van der Waals surface area contributed by atoms with Gasteiger partial charge in [-0.15, -0.1) is 0 Å². The summed E-state index contributed by atoms with van der Waals surface area (Å²) >= 11 is 12.4. The predicted molar refractivity (Wildman–Crippen MR) is 110 cm³/mol. The Bertz CT molecular complexity index is 883. The molecule has 1 aliphatic heterocycles. The fourth-order valence-corrected chi connectivity index (χ4v) is 3.61. The van der Waals surface area contributed by atoms with Crippen molar-refractivity contribution >= 4 is 40.9 Å². The number of pyridine rings is 1. The first-order valence-corrected chi connectivity index (χ1v) is 9.82. The van der Waals surface area contributed by atoms with Gasteiger partial charge in [-0.25, -0.2) is 4.98 Å². The average molecular weight is 422 g/mol. The lowest BCUT2D eigenvalue weighted by atomic mass is 9.95. The van der Waals surface area contributed by atoms with E-state index < -0.39 is 12.0 Å². The second kappa shape index (κ2) is 8.80. The van der Waals surface area contributed by atoms with Crippen LogP contribution in [0.1, 0.15) is 19.8 Å². The van der Waals surface area contributed by atoms with Crippen LogP contribution < -0.4 is 10.2 Å². The first kappa shape index (κ1) is 20.4. The molecule has 1 unspecified atom stereocenters. The Labute approximate surface area is 173 Å². The molecule has 2 heterocycles. The normalized spacial score (nSPS) is 15.9. The first-order chi connectivity index (χ1) is 13.4. The fourth-order valence-electron chi connectivity index (χ4n) is 3.21. The molecular weight excluding hydrogens is 401 g/mol. The molecule has 0 saturated carbocycles. The lowest BCUT2D eigenvalue weighted by molar-refractivity contribution is -0.142. The number of nitrogens with one attached hydrogen (secondary N) is 1. The van der Waals surface area contributed by atoms with Crippen LogP contribution in [0.25, 0.3) is 11.3 Å². The minimum absolute atomic E-state index is 0.191. The van der Waals surface area contributed by atoms with Crippen molar-refractivity contribution < 1.29 is 14.7 Å². The van der Waals surface area contributed by atoms with Gasteiger partial charge in [-0.05, 0) is 38.0 Å². The van der Waals surface area contributed by atoms with Crippen molar-refractivity contribution in [1.29, 1.82) is 0 Å². The third-order valence-electron chi connectivity index (χ3n) is 4.88. The number of aliphatic carboxylic acids is 1. The lowest BCUT2D eigenvalue weighted by Gasteiger charge is -2.32. The SMILES string of the molecule is CC(NC(=O)C1CCN(c2cccc(-c3cccc(Cl)c3Cl)n2)CC1)C(=O)O. The van der Waals surface area contributed by atoms with E-state index in [4.69, 9.17) is 33.3 Å². The molecule has 0 bridgehead atoms. The Balaban J connectivity index is 1.67.